The summed E-state index contributed by atoms with van der Waals surface area (Å²) in [6.45, 7) is 21.3. The first kappa shape index (κ1) is 24.0. The van der Waals surface area contributed by atoms with E-state index in [0.717, 1.165) is 31.9 Å². The van der Waals surface area contributed by atoms with Gasteiger partial charge in [0.15, 0.2) is 0 Å². The number of allylic oxidation sites excluding steroid dienone is 1. The Bertz CT molecular complexity index is 655. The number of rotatable bonds is 8. The fourth-order valence-electron chi connectivity index (χ4n) is 4.65. The summed E-state index contributed by atoms with van der Waals surface area (Å²) in [5.74, 6) is 0.978. The van der Waals surface area contributed by atoms with Crippen LogP contribution in [0.2, 0.25) is 0 Å². The molecule has 0 aromatic heterocycles. The monoisotopic (exact) mass is 399 g/mol. The van der Waals surface area contributed by atoms with Gasteiger partial charge >= 0.3 is 0 Å². The molecule has 1 aromatic rings. The molecule has 0 saturated heterocycles. The minimum atomic E-state index is 0.155. The van der Waals surface area contributed by atoms with Crippen molar-refractivity contribution in [2.45, 2.75) is 98.4 Å². The Labute approximate surface area is 180 Å². The molecule has 1 aliphatic carbocycles. The zero-order chi connectivity index (χ0) is 21.7. The van der Waals surface area contributed by atoms with Crippen LogP contribution in [0.5, 0.6) is 5.75 Å². The van der Waals surface area contributed by atoms with Gasteiger partial charge in [0.1, 0.15) is 12.4 Å². The van der Waals surface area contributed by atoms with E-state index in [-0.39, 0.29) is 11.0 Å². The first-order chi connectivity index (χ1) is 13.4. The maximum atomic E-state index is 6.13. The lowest BCUT2D eigenvalue weighted by molar-refractivity contribution is 0.122. The Morgan fingerprint density at radius 3 is 2.07 bits per heavy atom. The van der Waals surface area contributed by atoms with Gasteiger partial charge in [0.05, 0.1) is 0 Å². The van der Waals surface area contributed by atoms with Gasteiger partial charge in [-0.15, -0.1) is 0 Å². The Morgan fingerprint density at radius 1 is 0.897 bits per heavy atom. The van der Waals surface area contributed by atoms with Gasteiger partial charge in [0.25, 0.3) is 0 Å². The highest BCUT2D eigenvalue weighted by atomic mass is 16.5. The Kier molecular flexibility index (Phi) is 8.01. The zero-order valence-corrected chi connectivity index (χ0v) is 20.4. The fourth-order valence-corrected chi connectivity index (χ4v) is 4.65. The molecule has 0 saturated carbocycles. The second kappa shape index (κ2) is 9.69. The molecule has 0 unspecified atom stereocenters. The van der Waals surface area contributed by atoms with E-state index in [0.29, 0.717) is 5.41 Å². The Morgan fingerprint density at radius 2 is 1.55 bits per heavy atom. The highest BCUT2D eigenvalue weighted by molar-refractivity contribution is 5.31. The first-order valence-corrected chi connectivity index (χ1v) is 11.5. The molecule has 0 amide bonds. The molecule has 29 heavy (non-hydrogen) atoms. The second-order valence-electron chi connectivity index (χ2n) is 11.7. The van der Waals surface area contributed by atoms with Crippen LogP contribution in [0, 0.1) is 5.41 Å². The average molecular weight is 400 g/mol. The molecular formula is C27H45NO. The minimum Gasteiger partial charge on any atom is -0.492 e. The molecule has 0 spiro atoms. The number of nitrogens with zero attached hydrogens (tertiary/aromatic N) is 1. The standard InChI is InChI=1S/C27H45NO/c1-25(2,3)21-27(7,8)23-14-16-24(17-15-23)29-19-18-28(26(4,5)6)20-22-12-10-9-11-13-22/h12,14-17H,9-11,13,18-21H2,1-8H3. The van der Waals surface area contributed by atoms with Gasteiger partial charge in [0, 0.05) is 18.6 Å². The highest BCUT2D eigenvalue weighted by Crippen LogP contribution is 2.36. The molecule has 0 N–H and O–H groups in total. The van der Waals surface area contributed by atoms with E-state index in [1.807, 2.05) is 0 Å². The van der Waals surface area contributed by atoms with E-state index >= 15 is 0 Å². The van der Waals surface area contributed by atoms with Gasteiger partial charge in [0.2, 0.25) is 0 Å². The van der Waals surface area contributed by atoms with Crippen LogP contribution in [0.1, 0.15) is 93.1 Å². The molecule has 2 nitrogen and oxygen atoms in total. The third-order valence-corrected chi connectivity index (χ3v) is 5.97. The summed E-state index contributed by atoms with van der Waals surface area (Å²) in [4.78, 5) is 2.56. The smallest absolute Gasteiger partial charge is 0.119 e. The molecule has 2 rings (SSSR count). The molecule has 0 radical (unpaired) electrons. The van der Waals surface area contributed by atoms with E-state index in [1.54, 1.807) is 5.57 Å². The zero-order valence-electron chi connectivity index (χ0n) is 20.4. The Hall–Kier alpha value is -1.28. The van der Waals surface area contributed by atoms with E-state index in [2.05, 4.69) is 90.6 Å². The Balaban J connectivity index is 1.92. The van der Waals surface area contributed by atoms with Gasteiger partial charge in [-0.05, 0) is 81.4 Å². The maximum Gasteiger partial charge on any atom is 0.119 e. The average Bonchev–Trinajstić information content (AvgIpc) is 2.59. The summed E-state index contributed by atoms with van der Waals surface area (Å²) in [6, 6.07) is 8.78. The van der Waals surface area contributed by atoms with E-state index in [9.17, 15) is 0 Å². The predicted octanol–water partition coefficient (Wildman–Crippen LogP) is 7.38. The van der Waals surface area contributed by atoms with Crippen LogP contribution in [-0.4, -0.2) is 30.1 Å². The van der Waals surface area contributed by atoms with Crippen molar-refractivity contribution < 1.29 is 4.74 Å². The normalized spacial score (nSPS) is 16.1. The molecule has 0 bridgehead atoms. The first-order valence-electron chi connectivity index (χ1n) is 11.5. The number of ether oxygens (including phenoxy) is 1. The SMILES string of the molecule is CC(C)(C)CC(C)(C)c1ccc(OCCN(CC2=CCCCC2)C(C)(C)C)cc1. The lowest BCUT2D eigenvalue weighted by atomic mass is 9.72. The molecule has 1 aliphatic rings. The largest absolute Gasteiger partial charge is 0.492 e. The summed E-state index contributed by atoms with van der Waals surface area (Å²) in [6.07, 6.45) is 8.83. The van der Waals surface area contributed by atoms with Crippen molar-refractivity contribution in [3.05, 3.63) is 41.5 Å². The van der Waals surface area contributed by atoms with E-state index in [4.69, 9.17) is 4.74 Å². The number of hydrogen-bond donors (Lipinski definition) is 0. The van der Waals surface area contributed by atoms with Crippen LogP contribution >= 0.6 is 0 Å². The molecule has 1 aromatic carbocycles. The van der Waals surface area contributed by atoms with Crippen molar-refractivity contribution in [3.63, 3.8) is 0 Å². The lowest BCUT2D eigenvalue weighted by Gasteiger charge is -2.36. The van der Waals surface area contributed by atoms with Gasteiger partial charge in [-0.1, -0.05) is 58.4 Å². The summed E-state index contributed by atoms with van der Waals surface area (Å²) in [7, 11) is 0. The van der Waals surface area contributed by atoms with Crippen LogP contribution in [0.15, 0.2) is 35.9 Å². The molecule has 0 atom stereocenters. The van der Waals surface area contributed by atoms with E-state index in [1.165, 1.54) is 31.2 Å². The fraction of sp³-hybridized carbons (Fsp3) is 0.704. The second-order valence-corrected chi connectivity index (χ2v) is 11.7. The third-order valence-electron chi connectivity index (χ3n) is 5.97. The van der Waals surface area contributed by atoms with Crippen molar-refractivity contribution in [2.75, 3.05) is 19.7 Å². The number of hydrogen-bond acceptors (Lipinski definition) is 2. The lowest BCUT2D eigenvalue weighted by Crippen LogP contribution is -2.44. The summed E-state index contributed by atoms with van der Waals surface area (Å²) >= 11 is 0. The predicted molar refractivity (Wildman–Crippen MR) is 127 cm³/mol. The molecule has 0 heterocycles. The molecule has 2 heteroatoms. The van der Waals surface area contributed by atoms with Crippen LogP contribution < -0.4 is 4.74 Å². The van der Waals surface area contributed by atoms with E-state index < -0.39 is 0 Å². The van der Waals surface area contributed by atoms with Crippen LogP contribution in [0.4, 0.5) is 0 Å². The van der Waals surface area contributed by atoms with Gasteiger partial charge in [-0.2, -0.15) is 0 Å². The van der Waals surface area contributed by atoms with Crippen molar-refractivity contribution >= 4 is 0 Å². The number of benzene rings is 1. The van der Waals surface area contributed by atoms with Gasteiger partial charge in [-0.25, -0.2) is 0 Å². The molecular weight excluding hydrogens is 354 g/mol. The van der Waals surface area contributed by atoms with Crippen molar-refractivity contribution in [3.8, 4) is 5.75 Å². The quantitative estimate of drug-likeness (QED) is 0.423. The van der Waals surface area contributed by atoms with Crippen LogP contribution in [0.25, 0.3) is 0 Å². The van der Waals surface area contributed by atoms with Crippen LogP contribution in [0.3, 0.4) is 0 Å². The van der Waals surface area contributed by atoms with Crippen molar-refractivity contribution in [1.82, 2.24) is 4.90 Å². The molecule has 164 valence electrons. The topological polar surface area (TPSA) is 12.5 Å². The van der Waals surface area contributed by atoms with Gasteiger partial charge < -0.3 is 4.74 Å². The van der Waals surface area contributed by atoms with Crippen molar-refractivity contribution in [1.29, 1.82) is 0 Å². The highest BCUT2D eigenvalue weighted by Gasteiger charge is 2.27. The van der Waals surface area contributed by atoms with Gasteiger partial charge in [-0.3, -0.25) is 4.90 Å². The summed E-state index contributed by atoms with van der Waals surface area (Å²) < 4.78 is 6.13. The van der Waals surface area contributed by atoms with Crippen LogP contribution in [-0.2, 0) is 5.41 Å². The molecule has 0 aliphatic heterocycles. The summed E-state index contributed by atoms with van der Waals surface area (Å²) in [5.41, 5.74) is 3.65. The summed E-state index contributed by atoms with van der Waals surface area (Å²) in [5, 5.41) is 0. The molecule has 0 fully saturated rings. The maximum absolute atomic E-state index is 6.13. The minimum absolute atomic E-state index is 0.155. The third kappa shape index (κ3) is 8.16. The van der Waals surface area contributed by atoms with Crippen molar-refractivity contribution in [2.24, 2.45) is 5.41 Å².